The van der Waals surface area contributed by atoms with Gasteiger partial charge in [0.1, 0.15) is 6.10 Å². The summed E-state index contributed by atoms with van der Waals surface area (Å²) in [7, 11) is 0. The summed E-state index contributed by atoms with van der Waals surface area (Å²) in [5, 5.41) is 6.77. The van der Waals surface area contributed by atoms with Crippen molar-refractivity contribution in [1.29, 1.82) is 0 Å². The predicted molar refractivity (Wildman–Crippen MR) is 110 cm³/mol. The lowest BCUT2D eigenvalue weighted by Crippen LogP contribution is -2.35. The van der Waals surface area contributed by atoms with Crippen LogP contribution in [0.3, 0.4) is 0 Å². The Bertz CT molecular complexity index is 1230. The number of esters is 1. The number of hydrogen-bond acceptors (Lipinski definition) is 4. The summed E-state index contributed by atoms with van der Waals surface area (Å²) < 4.78 is 5.55. The Kier molecular flexibility index (Phi) is 3.20. The second-order valence-corrected chi connectivity index (χ2v) is 8.41. The van der Waals surface area contributed by atoms with Crippen molar-refractivity contribution in [3.05, 3.63) is 70.2 Å². The van der Waals surface area contributed by atoms with E-state index in [0.717, 1.165) is 23.6 Å². The van der Waals surface area contributed by atoms with Gasteiger partial charge in [0.25, 0.3) is 0 Å². The molecule has 0 fully saturated rings. The fraction of sp³-hybridized carbons (Fsp3) is 0.136. The summed E-state index contributed by atoms with van der Waals surface area (Å²) in [6.45, 7) is 0.841. The molecule has 1 unspecified atom stereocenters. The number of carbonyl (C=O) groups excluding carboxylic acids is 1. The molecule has 3 aliphatic rings. The van der Waals surface area contributed by atoms with Crippen molar-refractivity contribution in [3.63, 3.8) is 0 Å². The first-order valence-electron chi connectivity index (χ1n) is 8.93. The van der Waals surface area contributed by atoms with Crippen LogP contribution in [0.15, 0.2) is 70.1 Å². The van der Waals surface area contributed by atoms with Crippen LogP contribution < -0.4 is 4.90 Å². The zero-order valence-corrected chi connectivity index (χ0v) is 15.8. The van der Waals surface area contributed by atoms with Crippen LogP contribution in [0.5, 0.6) is 0 Å². The van der Waals surface area contributed by atoms with Crippen molar-refractivity contribution in [1.82, 2.24) is 0 Å². The molecule has 3 aliphatic heterocycles. The van der Waals surface area contributed by atoms with Crippen molar-refractivity contribution in [3.8, 4) is 0 Å². The second kappa shape index (κ2) is 5.54. The van der Waals surface area contributed by atoms with Gasteiger partial charge in [-0.1, -0.05) is 53.7 Å². The highest BCUT2D eigenvalue weighted by molar-refractivity contribution is 8.04. The standard InChI is InChI=1S/C22H14ClNO2S/c23-12-5-6-15-17(11-12)13-3-1-2-4-14(13)20-21(15)27-22-16-7-8-19(25)26-18(16)9-10-24(20)22/h1-8,11,18H,9-10H2. The Balaban J connectivity index is 1.70. The highest BCUT2D eigenvalue weighted by Crippen LogP contribution is 2.56. The van der Waals surface area contributed by atoms with Crippen molar-refractivity contribution >= 4 is 56.6 Å². The maximum Gasteiger partial charge on any atom is 0.331 e. The van der Waals surface area contributed by atoms with E-state index in [1.807, 2.05) is 12.1 Å². The van der Waals surface area contributed by atoms with Gasteiger partial charge in [0.05, 0.1) is 10.7 Å². The SMILES string of the molecule is O=C1C=CC2=C3Sc4c(c5ccccc5c5cc(Cl)ccc45)N3CCC2O1. The fourth-order valence-corrected chi connectivity index (χ4v) is 5.92. The van der Waals surface area contributed by atoms with Gasteiger partial charge in [0.2, 0.25) is 0 Å². The smallest absolute Gasteiger partial charge is 0.331 e. The summed E-state index contributed by atoms with van der Waals surface area (Å²) in [6.07, 6.45) is 4.13. The minimum absolute atomic E-state index is 0.137. The normalized spacial score (nSPS) is 20.7. The molecule has 5 heteroatoms. The molecule has 3 aromatic rings. The van der Waals surface area contributed by atoms with Crippen LogP contribution >= 0.6 is 23.4 Å². The monoisotopic (exact) mass is 391 g/mol. The molecular weight excluding hydrogens is 378 g/mol. The van der Waals surface area contributed by atoms with Crippen LogP contribution in [0.1, 0.15) is 6.42 Å². The largest absolute Gasteiger partial charge is 0.454 e. The van der Waals surface area contributed by atoms with E-state index in [0.29, 0.717) is 0 Å². The number of benzene rings is 3. The third-order valence-electron chi connectivity index (χ3n) is 5.49. The number of halogens is 1. The van der Waals surface area contributed by atoms with Crippen LogP contribution in [-0.2, 0) is 9.53 Å². The molecule has 0 N–H and O–H groups in total. The van der Waals surface area contributed by atoms with E-state index in [4.69, 9.17) is 16.3 Å². The fourth-order valence-electron chi connectivity index (χ4n) is 4.34. The zero-order valence-electron chi connectivity index (χ0n) is 14.2. The molecule has 132 valence electrons. The summed E-state index contributed by atoms with van der Waals surface area (Å²) >= 11 is 8.09. The lowest BCUT2D eigenvalue weighted by Gasteiger charge is -2.34. The lowest BCUT2D eigenvalue weighted by molar-refractivity contribution is -0.142. The number of rotatable bonds is 0. The summed E-state index contributed by atoms with van der Waals surface area (Å²) in [5.74, 6) is -0.246. The number of nitrogens with zero attached hydrogens (tertiary/aromatic N) is 1. The number of thioether (sulfide) groups is 1. The minimum atomic E-state index is -0.246. The van der Waals surface area contributed by atoms with Gasteiger partial charge in [-0.15, -0.1) is 0 Å². The Morgan fingerprint density at radius 2 is 1.89 bits per heavy atom. The van der Waals surface area contributed by atoms with E-state index in [-0.39, 0.29) is 12.1 Å². The summed E-state index contributed by atoms with van der Waals surface area (Å²) in [5.41, 5.74) is 2.37. The molecule has 0 radical (unpaired) electrons. The van der Waals surface area contributed by atoms with Gasteiger partial charge >= 0.3 is 5.97 Å². The lowest BCUT2D eigenvalue weighted by atomic mass is 9.97. The molecule has 0 amide bonds. The average Bonchev–Trinajstić information content (AvgIpc) is 3.08. The van der Waals surface area contributed by atoms with Crippen LogP contribution in [0, 0.1) is 0 Å². The first kappa shape index (κ1) is 15.6. The Hall–Kier alpha value is -2.43. The van der Waals surface area contributed by atoms with E-state index in [9.17, 15) is 4.79 Å². The Morgan fingerprint density at radius 1 is 1.04 bits per heavy atom. The molecular formula is C22H14ClNO2S. The first-order chi connectivity index (χ1) is 13.2. The van der Waals surface area contributed by atoms with E-state index in [1.165, 1.54) is 43.2 Å². The van der Waals surface area contributed by atoms with Gasteiger partial charge in [-0.2, -0.15) is 0 Å². The number of fused-ring (bicyclic) bond motifs is 9. The quantitative estimate of drug-likeness (QED) is 0.365. The van der Waals surface area contributed by atoms with E-state index in [2.05, 4.69) is 41.3 Å². The zero-order chi connectivity index (χ0) is 18.1. The molecule has 27 heavy (non-hydrogen) atoms. The van der Waals surface area contributed by atoms with Crippen molar-refractivity contribution in [2.75, 3.05) is 11.4 Å². The molecule has 6 rings (SSSR count). The minimum Gasteiger partial charge on any atom is -0.454 e. The molecule has 3 nitrogen and oxygen atoms in total. The van der Waals surface area contributed by atoms with E-state index in [1.54, 1.807) is 11.8 Å². The molecule has 0 aromatic heterocycles. The van der Waals surface area contributed by atoms with E-state index >= 15 is 0 Å². The topological polar surface area (TPSA) is 29.5 Å². The third-order valence-corrected chi connectivity index (χ3v) is 7.00. The molecule has 1 atom stereocenters. The van der Waals surface area contributed by atoms with Crippen LogP contribution in [0.4, 0.5) is 5.69 Å². The van der Waals surface area contributed by atoms with Crippen molar-refractivity contribution < 1.29 is 9.53 Å². The molecule has 0 aliphatic carbocycles. The van der Waals surface area contributed by atoms with Gasteiger partial charge in [0, 0.05) is 39.9 Å². The molecule has 3 aromatic carbocycles. The Morgan fingerprint density at radius 3 is 2.78 bits per heavy atom. The van der Waals surface area contributed by atoms with Gasteiger partial charge in [-0.05, 0) is 34.4 Å². The number of carbonyl (C=O) groups is 1. The molecule has 0 saturated heterocycles. The Labute approximate surface area is 165 Å². The molecule has 0 bridgehead atoms. The molecule has 3 heterocycles. The maximum absolute atomic E-state index is 11.6. The van der Waals surface area contributed by atoms with Crippen LogP contribution in [-0.4, -0.2) is 18.6 Å². The van der Waals surface area contributed by atoms with Gasteiger partial charge in [0.15, 0.2) is 0 Å². The second-order valence-electron chi connectivity index (χ2n) is 6.97. The maximum atomic E-state index is 11.6. The number of hydrogen-bond donors (Lipinski definition) is 0. The van der Waals surface area contributed by atoms with Crippen LogP contribution in [0.25, 0.3) is 21.5 Å². The highest BCUT2D eigenvalue weighted by Gasteiger charge is 2.38. The summed E-state index contributed by atoms with van der Waals surface area (Å²) in [4.78, 5) is 15.3. The van der Waals surface area contributed by atoms with Crippen molar-refractivity contribution in [2.45, 2.75) is 17.4 Å². The number of ether oxygens (including phenoxy) is 1. The van der Waals surface area contributed by atoms with Gasteiger partial charge in [-0.25, -0.2) is 4.79 Å². The highest BCUT2D eigenvalue weighted by atomic mass is 35.5. The summed E-state index contributed by atoms with van der Waals surface area (Å²) in [6, 6.07) is 14.6. The average molecular weight is 392 g/mol. The van der Waals surface area contributed by atoms with E-state index < -0.39 is 0 Å². The predicted octanol–water partition coefficient (Wildman–Crippen LogP) is 5.66. The molecule has 0 saturated carbocycles. The number of anilines is 1. The van der Waals surface area contributed by atoms with Crippen molar-refractivity contribution in [2.24, 2.45) is 0 Å². The van der Waals surface area contributed by atoms with Gasteiger partial charge < -0.3 is 9.64 Å². The van der Waals surface area contributed by atoms with Crippen LogP contribution in [0.2, 0.25) is 5.02 Å². The third kappa shape index (κ3) is 2.14. The first-order valence-corrected chi connectivity index (χ1v) is 10.1. The molecule has 0 spiro atoms. The van der Waals surface area contributed by atoms with Gasteiger partial charge in [-0.3, -0.25) is 0 Å².